The van der Waals surface area contributed by atoms with Crippen molar-refractivity contribution in [2.75, 3.05) is 40.4 Å². The highest BCUT2D eigenvalue weighted by Crippen LogP contribution is 2.43. The first-order chi connectivity index (χ1) is 26.2. The Morgan fingerprint density at radius 2 is 1.00 bits per heavy atom. The number of H-pyrrole nitrogens is 2. The Morgan fingerprint density at radius 1 is 0.630 bits per heavy atom. The largest absolute Gasteiger partial charge is 0.453 e. The van der Waals surface area contributed by atoms with Gasteiger partial charge in [0.25, 0.3) is 0 Å². The summed E-state index contributed by atoms with van der Waals surface area (Å²) in [6.07, 6.45) is 10.1. The van der Waals surface area contributed by atoms with Gasteiger partial charge in [-0.1, -0.05) is 38.1 Å². The Morgan fingerprint density at radius 3 is 1.37 bits per heavy atom. The minimum atomic E-state index is -0.639. The average molecular weight is 739 g/mol. The maximum absolute atomic E-state index is 12.9. The topological polar surface area (TPSA) is 175 Å². The third-order valence-electron chi connectivity index (χ3n) is 10.2. The number of aromatic amines is 2. The summed E-state index contributed by atoms with van der Waals surface area (Å²) in [5, 5.41) is 4.94. The van der Waals surface area contributed by atoms with Gasteiger partial charge in [0.2, 0.25) is 11.8 Å². The van der Waals surface area contributed by atoms with Gasteiger partial charge in [0.1, 0.15) is 24.7 Å². The first-order valence-corrected chi connectivity index (χ1v) is 18.8. The lowest BCUT2D eigenvalue weighted by atomic mass is 9.87. The zero-order chi connectivity index (χ0) is 38.2. The molecule has 2 aromatic heterocycles. The van der Waals surface area contributed by atoms with Gasteiger partial charge in [-0.3, -0.25) is 9.59 Å². The number of nitrogens with zero attached hydrogens (tertiary/aromatic N) is 4. The first-order valence-electron chi connectivity index (χ1n) is 18.8. The van der Waals surface area contributed by atoms with Crippen LogP contribution in [0.4, 0.5) is 9.59 Å². The second-order valence-corrected chi connectivity index (χ2v) is 13.8. The van der Waals surface area contributed by atoms with E-state index in [2.05, 4.69) is 64.3 Å². The van der Waals surface area contributed by atoms with E-state index in [0.29, 0.717) is 37.8 Å². The summed E-state index contributed by atoms with van der Waals surface area (Å²) in [5.41, 5.74) is 12.2. The molecule has 4 N–H and O–H groups in total. The summed E-state index contributed by atoms with van der Waals surface area (Å²) in [6.45, 7) is 5.46. The van der Waals surface area contributed by atoms with Crippen molar-refractivity contribution in [1.29, 1.82) is 0 Å². The molecule has 0 saturated carbocycles. The minimum absolute atomic E-state index is 0.137. The molecule has 0 unspecified atom stereocenters. The number of rotatable bonds is 15. The van der Waals surface area contributed by atoms with E-state index in [0.717, 1.165) is 73.9 Å². The molecule has 2 aromatic carbocycles. The van der Waals surface area contributed by atoms with Crippen LogP contribution in [0.3, 0.4) is 0 Å². The van der Waals surface area contributed by atoms with Crippen LogP contribution >= 0.6 is 0 Å². The van der Waals surface area contributed by atoms with Crippen LogP contribution in [0.2, 0.25) is 0 Å². The molecule has 0 bridgehead atoms. The van der Waals surface area contributed by atoms with Crippen LogP contribution in [-0.4, -0.2) is 94.1 Å². The van der Waals surface area contributed by atoms with Gasteiger partial charge in [0, 0.05) is 24.2 Å². The number of amides is 4. The monoisotopic (exact) mass is 738 g/mol. The molecule has 14 nitrogen and oxygen atoms in total. The number of aromatic nitrogens is 4. The molecule has 286 valence electrons. The fourth-order valence-electron chi connectivity index (χ4n) is 7.73. The molecule has 0 atom stereocenters. The van der Waals surface area contributed by atoms with Gasteiger partial charge in [-0.15, -0.1) is 0 Å². The van der Waals surface area contributed by atoms with Crippen LogP contribution in [0.25, 0.3) is 33.6 Å². The standard InChI is InChI=1S/C40H50N8O6/c1-5-17-47(37(49)21-43-39(51)53-3)23-35-41-19-33(45-35)31-15-13-29(25-9-7-11-27(25)31)30-14-16-32(28-12-8-10-26(28)30)34-20-42-36(46-34)24-48(18-6-2)38(50)22-44-40(52)54-4/h13-16,19-20H,5-12,17-18,21-24H2,1-4H3,(H,41,45)(H,42,46)(H,43,51)(H,44,52). The predicted octanol–water partition coefficient (Wildman–Crippen LogP) is 5.30. The van der Waals surface area contributed by atoms with Gasteiger partial charge in [-0.05, 0) is 84.7 Å². The van der Waals surface area contributed by atoms with E-state index >= 15 is 0 Å². The lowest BCUT2D eigenvalue weighted by Crippen LogP contribution is -2.40. The normalized spacial score (nSPS) is 12.9. The van der Waals surface area contributed by atoms with E-state index < -0.39 is 12.2 Å². The zero-order valence-electron chi connectivity index (χ0n) is 31.6. The third-order valence-corrected chi connectivity index (χ3v) is 10.2. The zero-order valence-corrected chi connectivity index (χ0v) is 31.6. The SMILES string of the molecule is CCCN(Cc1ncc(-c2ccc(-c3ccc(-c4cnc(CN(CCC)C(=O)CNC(=O)OC)[nH]4)c4c3CCC4)c3c2CCC3)[nH]1)C(=O)CNC(=O)OC. The summed E-state index contributed by atoms with van der Waals surface area (Å²) in [4.78, 5) is 68.3. The van der Waals surface area contributed by atoms with E-state index in [1.54, 1.807) is 9.80 Å². The number of nitrogens with one attached hydrogen (secondary N) is 4. The fraction of sp³-hybridized carbons (Fsp3) is 0.450. The van der Waals surface area contributed by atoms with Gasteiger partial charge in [0.05, 0.1) is 51.1 Å². The summed E-state index contributed by atoms with van der Waals surface area (Å²) in [7, 11) is 2.54. The quantitative estimate of drug-likeness (QED) is 0.127. The second-order valence-electron chi connectivity index (χ2n) is 13.8. The van der Waals surface area contributed by atoms with E-state index in [-0.39, 0.29) is 24.9 Å². The Hall–Kier alpha value is -5.66. The number of alkyl carbamates (subject to hydrolysis) is 2. The van der Waals surface area contributed by atoms with Crippen LogP contribution < -0.4 is 10.6 Å². The van der Waals surface area contributed by atoms with Gasteiger partial charge in [-0.25, -0.2) is 19.6 Å². The van der Waals surface area contributed by atoms with Crippen molar-refractivity contribution in [3.05, 3.63) is 70.6 Å². The van der Waals surface area contributed by atoms with Crippen molar-refractivity contribution in [2.24, 2.45) is 0 Å². The lowest BCUT2D eigenvalue weighted by molar-refractivity contribution is -0.131. The maximum atomic E-state index is 12.9. The Kier molecular flexibility index (Phi) is 12.3. The molecule has 4 amide bonds. The van der Waals surface area contributed by atoms with E-state index in [4.69, 9.17) is 0 Å². The average Bonchev–Trinajstić information content (AvgIpc) is 4.02. The number of carbonyl (C=O) groups excluding carboxylic acids is 4. The molecule has 0 fully saturated rings. The number of imidazole rings is 2. The van der Waals surface area contributed by atoms with Crippen molar-refractivity contribution in [2.45, 2.75) is 78.3 Å². The fourth-order valence-corrected chi connectivity index (χ4v) is 7.73. The highest BCUT2D eigenvalue weighted by Gasteiger charge is 2.27. The van der Waals surface area contributed by atoms with Gasteiger partial charge < -0.3 is 39.9 Å². The molecular formula is C40H50N8O6. The van der Waals surface area contributed by atoms with E-state index in [1.807, 2.05) is 26.2 Å². The molecule has 2 aliphatic carbocycles. The molecule has 4 aromatic rings. The summed E-state index contributed by atoms with van der Waals surface area (Å²) in [6, 6.07) is 8.91. The summed E-state index contributed by atoms with van der Waals surface area (Å²) >= 11 is 0. The smallest absolute Gasteiger partial charge is 0.407 e. The maximum Gasteiger partial charge on any atom is 0.407 e. The van der Waals surface area contributed by atoms with Crippen molar-refractivity contribution in [3.63, 3.8) is 0 Å². The predicted molar refractivity (Wildman–Crippen MR) is 203 cm³/mol. The molecular weight excluding hydrogens is 688 g/mol. The number of ether oxygens (including phenoxy) is 2. The van der Waals surface area contributed by atoms with Gasteiger partial charge in [-0.2, -0.15) is 0 Å². The Labute approximate surface area is 315 Å². The molecule has 14 heteroatoms. The van der Waals surface area contributed by atoms with Crippen molar-refractivity contribution < 1.29 is 28.7 Å². The number of hydrogen-bond acceptors (Lipinski definition) is 8. The van der Waals surface area contributed by atoms with Crippen LogP contribution in [-0.2, 0) is 57.8 Å². The molecule has 2 heterocycles. The van der Waals surface area contributed by atoms with Crippen LogP contribution in [0.15, 0.2) is 36.7 Å². The van der Waals surface area contributed by atoms with Gasteiger partial charge >= 0.3 is 12.2 Å². The van der Waals surface area contributed by atoms with Crippen LogP contribution in [0, 0.1) is 0 Å². The molecule has 54 heavy (non-hydrogen) atoms. The Balaban J connectivity index is 1.21. The molecule has 2 aliphatic rings. The van der Waals surface area contributed by atoms with Crippen molar-refractivity contribution >= 4 is 24.0 Å². The third kappa shape index (κ3) is 8.42. The summed E-state index contributed by atoms with van der Waals surface area (Å²) < 4.78 is 9.20. The number of methoxy groups -OCH3 is 2. The number of fused-ring (bicyclic) bond motifs is 2. The number of hydrogen-bond donors (Lipinski definition) is 4. The second kappa shape index (κ2) is 17.4. The number of benzene rings is 2. The van der Waals surface area contributed by atoms with Crippen molar-refractivity contribution in [1.82, 2.24) is 40.4 Å². The van der Waals surface area contributed by atoms with E-state index in [1.165, 1.54) is 47.6 Å². The van der Waals surface area contributed by atoms with Crippen LogP contribution in [0.1, 0.15) is 73.4 Å². The molecule has 0 aliphatic heterocycles. The number of carbonyl (C=O) groups is 4. The van der Waals surface area contributed by atoms with Gasteiger partial charge in [0.15, 0.2) is 0 Å². The highest BCUT2D eigenvalue weighted by molar-refractivity contribution is 5.84. The van der Waals surface area contributed by atoms with Crippen molar-refractivity contribution in [3.8, 4) is 33.6 Å². The minimum Gasteiger partial charge on any atom is -0.453 e. The highest BCUT2D eigenvalue weighted by atomic mass is 16.5. The first kappa shape index (κ1) is 38.1. The lowest BCUT2D eigenvalue weighted by Gasteiger charge is -2.21. The Bertz CT molecular complexity index is 1860. The molecule has 0 radical (unpaired) electrons. The molecule has 0 spiro atoms. The van der Waals surface area contributed by atoms with E-state index in [9.17, 15) is 19.2 Å². The molecule has 0 saturated heterocycles. The molecule has 6 rings (SSSR count). The van der Waals surface area contributed by atoms with Crippen LogP contribution in [0.5, 0.6) is 0 Å². The summed E-state index contributed by atoms with van der Waals surface area (Å²) in [5.74, 6) is 0.982.